The highest BCUT2D eigenvalue weighted by atomic mass is 32.1. The molecule has 9 heteroatoms. The fraction of sp³-hybridized carbons (Fsp3) is 0.800. The average molecular weight is 419 g/mol. The Balaban J connectivity index is 1.23. The molecule has 1 aromatic rings. The number of amides is 2. The van der Waals surface area contributed by atoms with E-state index in [0.717, 1.165) is 76.8 Å². The third kappa shape index (κ3) is 3.27. The lowest BCUT2D eigenvalue weighted by molar-refractivity contribution is -0.138. The highest BCUT2D eigenvalue weighted by molar-refractivity contribution is 7.05. The third-order valence-electron chi connectivity index (χ3n) is 7.57. The summed E-state index contributed by atoms with van der Waals surface area (Å²) in [6.45, 7) is 3.86. The number of nitrogens with two attached hydrogens (primary N) is 1. The lowest BCUT2D eigenvalue weighted by Crippen LogP contribution is -2.63. The molecular weight excluding hydrogens is 388 g/mol. The molecule has 0 spiro atoms. The molecule has 8 nitrogen and oxygen atoms in total. The van der Waals surface area contributed by atoms with Gasteiger partial charge >= 0.3 is 0 Å². The highest BCUT2D eigenvalue weighted by Gasteiger charge is 2.47. The van der Waals surface area contributed by atoms with Crippen LogP contribution in [-0.2, 0) is 16.0 Å². The number of carbonyl (C=O) groups excluding carboxylic acids is 2. The zero-order valence-corrected chi connectivity index (χ0v) is 17.7. The quantitative estimate of drug-likeness (QED) is 0.782. The van der Waals surface area contributed by atoms with E-state index in [2.05, 4.69) is 24.3 Å². The summed E-state index contributed by atoms with van der Waals surface area (Å²) in [7, 11) is 0. The Morgan fingerprint density at radius 2 is 1.86 bits per heavy atom. The van der Waals surface area contributed by atoms with Crippen LogP contribution in [0, 0.1) is 0 Å². The molecule has 2 amide bonds. The van der Waals surface area contributed by atoms with E-state index < -0.39 is 5.54 Å². The van der Waals surface area contributed by atoms with Crippen molar-refractivity contribution in [2.45, 2.75) is 69.0 Å². The van der Waals surface area contributed by atoms with Crippen molar-refractivity contribution >= 4 is 23.3 Å². The first-order valence-corrected chi connectivity index (χ1v) is 11.8. The van der Waals surface area contributed by atoms with Crippen LogP contribution in [0.4, 0.5) is 0 Å². The Kier molecular flexibility index (Phi) is 5.08. The Morgan fingerprint density at radius 1 is 1.10 bits per heavy atom. The second-order valence-electron chi connectivity index (χ2n) is 9.06. The molecule has 1 aromatic heterocycles. The van der Waals surface area contributed by atoms with Crippen LogP contribution in [0.15, 0.2) is 0 Å². The van der Waals surface area contributed by atoms with Gasteiger partial charge in [-0.25, -0.2) is 0 Å². The fourth-order valence-electron chi connectivity index (χ4n) is 5.95. The van der Waals surface area contributed by atoms with Gasteiger partial charge in [0.25, 0.3) is 0 Å². The first kappa shape index (κ1) is 19.4. The van der Waals surface area contributed by atoms with E-state index in [9.17, 15) is 9.59 Å². The monoisotopic (exact) mass is 418 g/mol. The van der Waals surface area contributed by atoms with Crippen LogP contribution >= 0.6 is 11.5 Å². The van der Waals surface area contributed by atoms with E-state index in [4.69, 9.17) is 5.73 Å². The topological polar surface area (TPSA) is 95.7 Å². The summed E-state index contributed by atoms with van der Waals surface area (Å²) in [5.41, 5.74) is 6.47. The largest absolute Gasteiger partial charge is 0.368 e. The number of nitrogens with zero attached hydrogens (tertiary/aromatic N) is 5. The zero-order chi connectivity index (χ0) is 20.0. The normalized spacial score (nSPS) is 29.6. The van der Waals surface area contributed by atoms with Crippen LogP contribution in [0.1, 0.15) is 61.6 Å². The minimum absolute atomic E-state index is 0.166. The SMILES string of the molecule is NC(=O)C1(N2CCCCC2)CCN(CC(=O)N2[C@H]3CC[C@@H]2c2snnc2C3)CC1. The number of hydrogen-bond donors (Lipinski definition) is 1. The van der Waals surface area contributed by atoms with Gasteiger partial charge in [0.2, 0.25) is 11.8 Å². The number of fused-ring (bicyclic) bond motifs is 4. The number of likely N-dealkylation sites (tertiary alicyclic amines) is 2. The second kappa shape index (κ2) is 7.59. The van der Waals surface area contributed by atoms with Crippen LogP contribution < -0.4 is 5.73 Å². The molecule has 4 aliphatic heterocycles. The summed E-state index contributed by atoms with van der Waals surface area (Å²) in [4.78, 5) is 33.4. The molecule has 5 heterocycles. The molecule has 158 valence electrons. The van der Waals surface area contributed by atoms with Crippen molar-refractivity contribution in [1.82, 2.24) is 24.3 Å². The summed E-state index contributed by atoms with van der Waals surface area (Å²) in [6, 6.07) is 0.436. The van der Waals surface area contributed by atoms with Gasteiger partial charge in [-0.2, -0.15) is 0 Å². The Labute approximate surface area is 175 Å². The van der Waals surface area contributed by atoms with Crippen molar-refractivity contribution in [3.63, 3.8) is 0 Å². The van der Waals surface area contributed by atoms with Crippen molar-refractivity contribution < 1.29 is 9.59 Å². The number of carbonyl (C=O) groups is 2. The number of primary amides is 1. The maximum atomic E-state index is 13.2. The van der Waals surface area contributed by atoms with E-state index in [0.29, 0.717) is 6.54 Å². The maximum Gasteiger partial charge on any atom is 0.238 e. The van der Waals surface area contributed by atoms with Gasteiger partial charge in [-0.1, -0.05) is 10.9 Å². The van der Waals surface area contributed by atoms with Gasteiger partial charge in [-0.3, -0.25) is 19.4 Å². The van der Waals surface area contributed by atoms with Gasteiger partial charge in [0.15, 0.2) is 0 Å². The van der Waals surface area contributed by atoms with Gasteiger partial charge in [-0.05, 0) is 63.1 Å². The molecule has 0 aliphatic carbocycles. The summed E-state index contributed by atoms with van der Waals surface area (Å²) in [5.74, 6) is 0.0192. The number of rotatable bonds is 4. The van der Waals surface area contributed by atoms with Gasteiger partial charge in [0, 0.05) is 25.6 Å². The molecule has 3 fully saturated rings. The molecule has 2 bridgehead atoms. The average Bonchev–Trinajstić information content (AvgIpc) is 3.34. The third-order valence-corrected chi connectivity index (χ3v) is 8.44. The minimum atomic E-state index is -0.521. The van der Waals surface area contributed by atoms with E-state index in [-0.39, 0.29) is 23.9 Å². The zero-order valence-electron chi connectivity index (χ0n) is 16.9. The van der Waals surface area contributed by atoms with Crippen molar-refractivity contribution in [3.05, 3.63) is 10.6 Å². The minimum Gasteiger partial charge on any atom is -0.368 e. The van der Waals surface area contributed by atoms with Crippen molar-refractivity contribution in [2.75, 3.05) is 32.7 Å². The molecule has 0 unspecified atom stereocenters. The summed E-state index contributed by atoms with van der Waals surface area (Å²) < 4.78 is 4.10. The Bertz CT molecular complexity index is 784. The van der Waals surface area contributed by atoms with Crippen LogP contribution in [0.5, 0.6) is 0 Å². The van der Waals surface area contributed by atoms with E-state index in [1.165, 1.54) is 22.8 Å². The van der Waals surface area contributed by atoms with Crippen molar-refractivity contribution in [3.8, 4) is 0 Å². The second-order valence-corrected chi connectivity index (χ2v) is 9.84. The van der Waals surface area contributed by atoms with Gasteiger partial charge < -0.3 is 10.6 Å². The first-order valence-electron chi connectivity index (χ1n) is 11.0. The summed E-state index contributed by atoms with van der Waals surface area (Å²) in [5, 5.41) is 4.26. The fourth-order valence-corrected chi connectivity index (χ4v) is 6.76. The van der Waals surface area contributed by atoms with E-state index in [1.54, 1.807) is 0 Å². The molecule has 0 radical (unpaired) electrons. The number of aromatic nitrogens is 2. The predicted molar refractivity (Wildman–Crippen MR) is 109 cm³/mol. The lowest BCUT2D eigenvalue weighted by Gasteiger charge is -2.48. The highest BCUT2D eigenvalue weighted by Crippen LogP contribution is 2.44. The molecule has 3 saturated heterocycles. The number of piperidine rings is 2. The Hall–Kier alpha value is -1.58. The van der Waals surface area contributed by atoms with E-state index in [1.807, 2.05) is 0 Å². The molecule has 29 heavy (non-hydrogen) atoms. The van der Waals surface area contributed by atoms with E-state index >= 15 is 0 Å². The van der Waals surface area contributed by atoms with Crippen LogP contribution in [-0.4, -0.2) is 80.4 Å². The van der Waals surface area contributed by atoms with Crippen LogP contribution in [0.25, 0.3) is 0 Å². The van der Waals surface area contributed by atoms with Gasteiger partial charge in [0.1, 0.15) is 5.54 Å². The maximum absolute atomic E-state index is 13.2. The van der Waals surface area contributed by atoms with Crippen molar-refractivity contribution in [2.24, 2.45) is 5.73 Å². The number of hydrogen-bond acceptors (Lipinski definition) is 7. The van der Waals surface area contributed by atoms with Gasteiger partial charge in [0.05, 0.1) is 23.2 Å². The molecule has 0 saturated carbocycles. The summed E-state index contributed by atoms with van der Waals surface area (Å²) >= 11 is 1.45. The first-order chi connectivity index (χ1) is 14.1. The lowest BCUT2D eigenvalue weighted by atomic mass is 9.83. The molecular formula is C20H30N6O2S. The molecule has 2 N–H and O–H groups in total. The van der Waals surface area contributed by atoms with Gasteiger partial charge in [-0.15, -0.1) is 5.10 Å². The predicted octanol–water partition coefficient (Wildman–Crippen LogP) is 0.932. The van der Waals surface area contributed by atoms with Crippen molar-refractivity contribution in [1.29, 1.82) is 0 Å². The summed E-state index contributed by atoms with van der Waals surface area (Å²) in [6.07, 6.45) is 7.89. The molecule has 0 aromatic carbocycles. The van der Waals surface area contributed by atoms with Crippen LogP contribution in [0.2, 0.25) is 0 Å². The smallest absolute Gasteiger partial charge is 0.238 e. The molecule has 2 atom stereocenters. The molecule has 4 aliphatic rings. The van der Waals surface area contributed by atoms with Crippen LogP contribution in [0.3, 0.4) is 0 Å². The Morgan fingerprint density at radius 3 is 2.59 bits per heavy atom. The standard InChI is InChI=1S/C20H30N6O2S/c21-19(28)20(25-8-2-1-3-9-25)6-10-24(11-7-20)13-17(27)26-14-4-5-16(26)18-15(12-14)22-23-29-18/h14,16H,1-13H2,(H2,21,28)/t14-,16+/m0/s1. The molecule has 5 rings (SSSR count).